The maximum Gasteiger partial charge on any atom is 0.322 e. The number of amides is 3. The van der Waals surface area contributed by atoms with Crippen LogP contribution in [-0.2, 0) is 19.5 Å². The molecule has 2 aliphatic heterocycles. The molecule has 0 radical (unpaired) electrons. The number of urea groups is 1. The first kappa shape index (κ1) is 21.5. The number of hydrogen-bond acceptors (Lipinski definition) is 4. The summed E-state index contributed by atoms with van der Waals surface area (Å²) in [6.45, 7) is 14.7. The molecule has 1 N–H and O–H groups in total. The predicted octanol–water partition coefficient (Wildman–Crippen LogP) is 3.04. The van der Waals surface area contributed by atoms with Gasteiger partial charge in [0.25, 0.3) is 5.91 Å². The molecule has 0 aliphatic carbocycles. The van der Waals surface area contributed by atoms with Gasteiger partial charge in [-0.25, -0.2) is 19.0 Å². The third-order valence-corrected chi connectivity index (χ3v) is 5.89. The van der Waals surface area contributed by atoms with Crippen LogP contribution in [0.1, 0.15) is 28.7 Å². The summed E-state index contributed by atoms with van der Waals surface area (Å²) in [6, 6.07) is 3.35. The normalized spacial score (nSPS) is 18.4. The molecule has 0 saturated heterocycles. The Morgan fingerprint density at radius 3 is 2.94 bits per heavy atom. The van der Waals surface area contributed by atoms with E-state index in [1.807, 2.05) is 11.9 Å². The van der Waals surface area contributed by atoms with Crippen molar-refractivity contribution >= 4 is 23.3 Å². The van der Waals surface area contributed by atoms with E-state index in [2.05, 4.69) is 21.8 Å². The van der Waals surface area contributed by atoms with Gasteiger partial charge in [0.05, 0.1) is 25.4 Å². The summed E-state index contributed by atoms with van der Waals surface area (Å²) in [5.74, 6) is -0.807. The Labute approximate surface area is 185 Å². The van der Waals surface area contributed by atoms with Crippen LogP contribution in [0.5, 0.6) is 0 Å². The van der Waals surface area contributed by atoms with E-state index < -0.39 is 5.82 Å². The van der Waals surface area contributed by atoms with Crippen molar-refractivity contribution in [1.29, 1.82) is 0 Å². The summed E-state index contributed by atoms with van der Waals surface area (Å²) < 4.78 is 15.3. The van der Waals surface area contributed by atoms with Crippen molar-refractivity contribution in [2.75, 3.05) is 25.5 Å². The first-order chi connectivity index (χ1) is 15.3. The SMILES string of the molecule is [C-]#[N+]c1cc(NC(=O)N2Cc3c(nn4c3C(=O)N(C)N(CC=C)CC4)CC2C)ccc1F. The van der Waals surface area contributed by atoms with E-state index >= 15 is 0 Å². The van der Waals surface area contributed by atoms with Gasteiger partial charge in [0.2, 0.25) is 5.69 Å². The largest absolute Gasteiger partial charge is 0.322 e. The Hall–Kier alpha value is -3.71. The highest BCUT2D eigenvalue weighted by Gasteiger charge is 2.36. The number of rotatable bonds is 3. The topological polar surface area (TPSA) is 78.1 Å². The van der Waals surface area contributed by atoms with E-state index in [0.717, 1.165) is 17.3 Å². The highest BCUT2D eigenvalue weighted by Crippen LogP contribution is 2.29. The maximum atomic E-state index is 13.6. The summed E-state index contributed by atoms with van der Waals surface area (Å²) >= 11 is 0. The molecule has 3 heterocycles. The zero-order valence-electron chi connectivity index (χ0n) is 18.0. The summed E-state index contributed by atoms with van der Waals surface area (Å²) in [5, 5.41) is 10.9. The molecular weight excluding hydrogens is 413 g/mol. The van der Waals surface area contributed by atoms with Crippen LogP contribution in [-0.4, -0.2) is 62.8 Å². The van der Waals surface area contributed by atoms with Gasteiger partial charge in [-0.1, -0.05) is 6.08 Å². The Morgan fingerprint density at radius 1 is 1.44 bits per heavy atom. The van der Waals surface area contributed by atoms with Gasteiger partial charge in [-0.15, -0.1) is 6.58 Å². The van der Waals surface area contributed by atoms with E-state index in [-0.39, 0.29) is 30.2 Å². The molecule has 1 atom stereocenters. The minimum Gasteiger partial charge on any atom is -0.317 e. The van der Waals surface area contributed by atoms with Crippen LogP contribution in [0.2, 0.25) is 0 Å². The molecule has 166 valence electrons. The third-order valence-electron chi connectivity index (χ3n) is 5.89. The standard InChI is InChI=1S/C22H24FN7O2/c1-5-8-28-9-10-30-20(21(31)27(28)4)16-13-29(14(2)11-18(16)26-30)22(32)25-15-6-7-17(23)19(12-15)24-3/h5-7,12,14H,1,8-11,13H2,2,4H3,(H,25,32). The van der Waals surface area contributed by atoms with Gasteiger partial charge in [-0.05, 0) is 25.1 Å². The monoisotopic (exact) mass is 437 g/mol. The number of benzene rings is 1. The summed E-state index contributed by atoms with van der Waals surface area (Å²) in [5.41, 5.74) is 2.25. The average Bonchev–Trinajstić information content (AvgIpc) is 3.07. The van der Waals surface area contributed by atoms with Crippen LogP contribution < -0.4 is 5.32 Å². The molecule has 1 unspecified atom stereocenters. The van der Waals surface area contributed by atoms with Crippen molar-refractivity contribution in [2.24, 2.45) is 0 Å². The second kappa shape index (κ2) is 8.43. The quantitative estimate of drug-likeness (QED) is 0.592. The minimum absolute atomic E-state index is 0.146. The number of carbonyl (C=O) groups is 2. The van der Waals surface area contributed by atoms with Gasteiger partial charge in [-0.3, -0.25) is 14.5 Å². The minimum atomic E-state index is -0.635. The van der Waals surface area contributed by atoms with Crippen LogP contribution in [0, 0.1) is 12.4 Å². The van der Waals surface area contributed by atoms with E-state index in [0.29, 0.717) is 37.4 Å². The molecule has 1 aromatic carbocycles. The first-order valence-electron chi connectivity index (χ1n) is 10.3. The molecule has 2 aromatic rings. The second-order valence-electron chi connectivity index (χ2n) is 7.92. The Kier molecular flexibility index (Phi) is 5.67. The number of halogens is 1. The molecule has 1 aromatic heterocycles. The Morgan fingerprint density at radius 2 is 2.22 bits per heavy atom. The summed E-state index contributed by atoms with van der Waals surface area (Å²) in [4.78, 5) is 31.0. The van der Waals surface area contributed by atoms with E-state index in [9.17, 15) is 14.0 Å². The molecule has 0 spiro atoms. The lowest BCUT2D eigenvalue weighted by Crippen LogP contribution is -2.46. The van der Waals surface area contributed by atoms with Crippen LogP contribution in [0.4, 0.5) is 20.6 Å². The molecule has 0 saturated carbocycles. The molecule has 9 nitrogen and oxygen atoms in total. The van der Waals surface area contributed by atoms with Crippen LogP contribution in [0.15, 0.2) is 30.9 Å². The maximum absolute atomic E-state index is 13.6. The number of carbonyl (C=O) groups excluding carboxylic acids is 2. The van der Waals surface area contributed by atoms with E-state index in [1.54, 1.807) is 27.7 Å². The lowest BCUT2D eigenvalue weighted by molar-refractivity contribution is 0.0153. The Balaban J connectivity index is 1.59. The predicted molar refractivity (Wildman–Crippen MR) is 116 cm³/mol. The first-order valence-corrected chi connectivity index (χ1v) is 10.3. The molecule has 32 heavy (non-hydrogen) atoms. The fraction of sp³-hybridized carbons (Fsp3) is 0.364. The number of aromatic nitrogens is 2. The number of nitrogens with one attached hydrogen (secondary N) is 1. The van der Waals surface area contributed by atoms with Crippen LogP contribution >= 0.6 is 0 Å². The fourth-order valence-electron chi connectivity index (χ4n) is 4.14. The highest BCUT2D eigenvalue weighted by atomic mass is 19.1. The van der Waals surface area contributed by atoms with Gasteiger partial charge >= 0.3 is 6.03 Å². The van der Waals surface area contributed by atoms with Gasteiger partial charge in [0.1, 0.15) is 11.5 Å². The molecule has 3 amide bonds. The number of anilines is 1. The van der Waals surface area contributed by atoms with Gasteiger partial charge in [0, 0.05) is 43.9 Å². The zero-order valence-corrected chi connectivity index (χ0v) is 18.0. The van der Waals surface area contributed by atoms with Crippen molar-refractivity contribution in [2.45, 2.75) is 32.5 Å². The van der Waals surface area contributed by atoms with Crippen molar-refractivity contribution in [3.63, 3.8) is 0 Å². The van der Waals surface area contributed by atoms with Gasteiger partial charge in [-0.2, -0.15) is 5.10 Å². The van der Waals surface area contributed by atoms with E-state index in [1.165, 1.54) is 12.1 Å². The number of fused-ring (bicyclic) bond motifs is 3. The number of hydrogen-bond donors (Lipinski definition) is 1. The van der Waals surface area contributed by atoms with Gasteiger partial charge < -0.3 is 10.2 Å². The smallest absolute Gasteiger partial charge is 0.317 e. The Bertz CT molecular complexity index is 1140. The second-order valence-corrected chi connectivity index (χ2v) is 7.92. The van der Waals surface area contributed by atoms with Crippen molar-refractivity contribution in [3.8, 4) is 0 Å². The molecule has 10 heteroatoms. The van der Waals surface area contributed by atoms with Crippen LogP contribution in [0.25, 0.3) is 4.85 Å². The average molecular weight is 437 g/mol. The molecular formula is C22H24FN7O2. The van der Waals surface area contributed by atoms with Crippen molar-refractivity contribution in [3.05, 3.63) is 65.0 Å². The highest BCUT2D eigenvalue weighted by molar-refractivity contribution is 5.95. The summed E-state index contributed by atoms with van der Waals surface area (Å²) in [7, 11) is 1.72. The molecule has 4 rings (SSSR count). The lowest BCUT2D eigenvalue weighted by atomic mass is 9.99. The fourth-order valence-corrected chi connectivity index (χ4v) is 4.14. The number of hydrazine groups is 1. The lowest BCUT2D eigenvalue weighted by Gasteiger charge is -2.34. The van der Waals surface area contributed by atoms with Crippen LogP contribution in [0.3, 0.4) is 0 Å². The van der Waals surface area contributed by atoms with E-state index in [4.69, 9.17) is 6.57 Å². The molecule has 0 bridgehead atoms. The molecule has 2 aliphatic rings. The molecule has 0 fully saturated rings. The summed E-state index contributed by atoms with van der Waals surface area (Å²) in [6.07, 6.45) is 2.27. The zero-order chi connectivity index (χ0) is 23.0. The third kappa shape index (κ3) is 3.71. The number of nitrogens with zero attached hydrogens (tertiary/aromatic N) is 6. The van der Waals surface area contributed by atoms with Gasteiger partial charge in [0.15, 0.2) is 0 Å². The van der Waals surface area contributed by atoms with Crippen molar-refractivity contribution < 1.29 is 14.0 Å². The van der Waals surface area contributed by atoms with Crippen molar-refractivity contribution in [1.82, 2.24) is 24.7 Å².